The zero-order chi connectivity index (χ0) is 19.3. The molecule has 1 saturated heterocycles. The van der Waals surface area contributed by atoms with Crippen molar-refractivity contribution in [1.82, 2.24) is 9.97 Å². The van der Waals surface area contributed by atoms with Crippen LogP contribution >= 0.6 is 0 Å². The van der Waals surface area contributed by atoms with Gasteiger partial charge in [-0.25, -0.2) is 9.97 Å². The van der Waals surface area contributed by atoms with E-state index in [4.69, 9.17) is 4.74 Å². The number of rotatable bonds is 5. The Bertz CT molecular complexity index is 949. The molecule has 0 spiro atoms. The highest BCUT2D eigenvalue weighted by molar-refractivity contribution is 6.05. The van der Waals surface area contributed by atoms with Gasteiger partial charge in [-0.15, -0.1) is 0 Å². The van der Waals surface area contributed by atoms with Crippen molar-refractivity contribution in [1.29, 1.82) is 0 Å². The lowest BCUT2D eigenvalue weighted by atomic mass is 10.1. The van der Waals surface area contributed by atoms with Gasteiger partial charge in [0, 0.05) is 42.3 Å². The number of amides is 1. The molecule has 2 heterocycles. The highest BCUT2D eigenvalue weighted by Crippen LogP contribution is 2.22. The number of benzene rings is 2. The fourth-order valence-electron chi connectivity index (χ4n) is 3.27. The van der Waals surface area contributed by atoms with E-state index in [1.54, 1.807) is 13.2 Å². The van der Waals surface area contributed by atoms with Crippen LogP contribution in [0.15, 0.2) is 60.9 Å². The van der Waals surface area contributed by atoms with Crippen LogP contribution < -0.4 is 15.0 Å². The Labute approximate surface area is 164 Å². The smallest absolute Gasteiger partial charge is 0.255 e. The molecule has 1 fully saturated rings. The number of carbonyl (C=O) groups is 1. The third-order valence-corrected chi connectivity index (χ3v) is 4.83. The van der Waals surface area contributed by atoms with E-state index in [1.165, 1.54) is 12.8 Å². The van der Waals surface area contributed by atoms with Gasteiger partial charge in [-0.3, -0.25) is 4.79 Å². The molecular weight excluding hydrogens is 352 g/mol. The third kappa shape index (κ3) is 3.96. The average Bonchev–Trinajstić information content (AvgIpc) is 3.29. The number of nitrogens with zero attached hydrogens (tertiary/aromatic N) is 3. The minimum absolute atomic E-state index is 0.165. The van der Waals surface area contributed by atoms with Gasteiger partial charge in [0.25, 0.3) is 5.91 Å². The molecule has 6 nitrogen and oxygen atoms in total. The lowest BCUT2D eigenvalue weighted by molar-refractivity contribution is 0.102. The van der Waals surface area contributed by atoms with Crippen molar-refractivity contribution in [3.05, 3.63) is 66.5 Å². The molecule has 0 bridgehead atoms. The Morgan fingerprint density at radius 3 is 2.39 bits per heavy atom. The maximum Gasteiger partial charge on any atom is 0.255 e. The fraction of sp³-hybridized carbons (Fsp3) is 0.227. The first-order valence-electron chi connectivity index (χ1n) is 9.36. The predicted octanol–water partition coefficient (Wildman–Crippen LogP) is 4.00. The van der Waals surface area contributed by atoms with Crippen LogP contribution in [0.2, 0.25) is 0 Å². The Hall–Kier alpha value is -3.41. The lowest BCUT2D eigenvalue weighted by Crippen LogP contribution is -2.20. The van der Waals surface area contributed by atoms with Crippen molar-refractivity contribution in [3.8, 4) is 16.9 Å². The zero-order valence-corrected chi connectivity index (χ0v) is 15.8. The first kappa shape index (κ1) is 18.0. The topological polar surface area (TPSA) is 67.3 Å². The van der Waals surface area contributed by atoms with E-state index < -0.39 is 0 Å². The molecule has 4 rings (SSSR count). The van der Waals surface area contributed by atoms with Crippen molar-refractivity contribution in [3.63, 3.8) is 0 Å². The van der Waals surface area contributed by atoms with Crippen LogP contribution in [0.1, 0.15) is 23.2 Å². The van der Waals surface area contributed by atoms with E-state index in [2.05, 4.69) is 20.2 Å². The molecule has 0 unspecified atom stereocenters. The Morgan fingerprint density at radius 2 is 1.71 bits per heavy atom. The van der Waals surface area contributed by atoms with Crippen molar-refractivity contribution in [2.75, 3.05) is 30.4 Å². The van der Waals surface area contributed by atoms with Gasteiger partial charge in [0.05, 0.1) is 7.11 Å². The first-order valence-corrected chi connectivity index (χ1v) is 9.36. The van der Waals surface area contributed by atoms with Crippen LogP contribution in [-0.4, -0.2) is 36.1 Å². The van der Waals surface area contributed by atoms with E-state index in [1.807, 2.05) is 54.9 Å². The summed E-state index contributed by atoms with van der Waals surface area (Å²) in [4.78, 5) is 23.8. The molecule has 6 heteroatoms. The molecule has 1 N–H and O–H groups in total. The number of hydrogen-bond acceptors (Lipinski definition) is 5. The van der Waals surface area contributed by atoms with Crippen LogP contribution in [0, 0.1) is 0 Å². The van der Waals surface area contributed by atoms with Gasteiger partial charge in [0.2, 0.25) is 5.95 Å². The van der Waals surface area contributed by atoms with Gasteiger partial charge in [-0.1, -0.05) is 12.1 Å². The predicted molar refractivity (Wildman–Crippen MR) is 110 cm³/mol. The van der Waals surface area contributed by atoms with E-state index >= 15 is 0 Å². The molecule has 142 valence electrons. The van der Waals surface area contributed by atoms with Crippen LogP contribution in [0.3, 0.4) is 0 Å². The van der Waals surface area contributed by atoms with Crippen LogP contribution in [0.4, 0.5) is 11.6 Å². The quantitative estimate of drug-likeness (QED) is 0.731. The van der Waals surface area contributed by atoms with E-state index in [0.717, 1.165) is 41.6 Å². The van der Waals surface area contributed by atoms with Crippen molar-refractivity contribution in [2.45, 2.75) is 12.8 Å². The fourth-order valence-corrected chi connectivity index (χ4v) is 3.27. The summed E-state index contributed by atoms with van der Waals surface area (Å²) in [7, 11) is 1.61. The van der Waals surface area contributed by atoms with Crippen LogP contribution in [0.5, 0.6) is 5.75 Å². The summed E-state index contributed by atoms with van der Waals surface area (Å²) in [5, 5.41) is 2.90. The maximum atomic E-state index is 12.6. The number of carbonyl (C=O) groups excluding carboxylic acids is 1. The molecule has 0 radical (unpaired) electrons. The van der Waals surface area contributed by atoms with Gasteiger partial charge in [-0.2, -0.15) is 0 Å². The minimum Gasteiger partial charge on any atom is -0.497 e. The second-order valence-electron chi connectivity index (χ2n) is 6.73. The number of hydrogen-bond donors (Lipinski definition) is 1. The average molecular weight is 374 g/mol. The molecule has 28 heavy (non-hydrogen) atoms. The monoisotopic (exact) mass is 374 g/mol. The van der Waals surface area contributed by atoms with E-state index in [0.29, 0.717) is 5.56 Å². The third-order valence-electron chi connectivity index (χ3n) is 4.83. The van der Waals surface area contributed by atoms with Gasteiger partial charge < -0.3 is 15.0 Å². The van der Waals surface area contributed by atoms with Crippen molar-refractivity contribution in [2.24, 2.45) is 0 Å². The van der Waals surface area contributed by atoms with Crippen LogP contribution in [0.25, 0.3) is 11.1 Å². The number of anilines is 2. The molecule has 1 aromatic heterocycles. The van der Waals surface area contributed by atoms with Crippen molar-refractivity contribution < 1.29 is 9.53 Å². The molecular formula is C22H22N4O2. The highest BCUT2D eigenvalue weighted by Gasteiger charge is 2.15. The number of ether oxygens (including phenoxy) is 1. The second kappa shape index (κ2) is 8.08. The van der Waals surface area contributed by atoms with Crippen molar-refractivity contribution >= 4 is 17.5 Å². The number of nitrogens with one attached hydrogen (secondary N) is 1. The Morgan fingerprint density at radius 1 is 1.00 bits per heavy atom. The molecule has 0 aliphatic carbocycles. The normalized spacial score (nSPS) is 13.4. The van der Waals surface area contributed by atoms with E-state index in [9.17, 15) is 4.79 Å². The standard InChI is InChI=1S/C22H22N4O2/c1-28-20-9-7-19(8-10-20)25-21(27)17-6-4-5-16(13-17)18-14-23-22(24-15-18)26-11-2-3-12-26/h4-10,13-15H,2-3,11-12H2,1H3,(H,25,27). The van der Waals surface area contributed by atoms with Gasteiger partial charge in [-0.05, 0) is 54.8 Å². The summed E-state index contributed by atoms with van der Waals surface area (Å²) in [6.07, 6.45) is 6.02. The zero-order valence-electron chi connectivity index (χ0n) is 15.8. The minimum atomic E-state index is -0.165. The lowest BCUT2D eigenvalue weighted by Gasteiger charge is -2.14. The molecule has 0 saturated carbocycles. The molecule has 1 aliphatic rings. The van der Waals surface area contributed by atoms with Crippen LogP contribution in [-0.2, 0) is 0 Å². The van der Waals surface area contributed by atoms with Gasteiger partial charge in [0.15, 0.2) is 0 Å². The maximum absolute atomic E-state index is 12.6. The highest BCUT2D eigenvalue weighted by atomic mass is 16.5. The summed E-state index contributed by atoms with van der Waals surface area (Å²) >= 11 is 0. The SMILES string of the molecule is COc1ccc(NC(=O)c2cccc(-c3cnc(N4CCCC4)nc3)c2)cc1. The summed E-state index contributed by atoms with van der Waals surface area (Å²) in [6, 6.07) is 14.7. The molecule has 0 atom stereocenters. The Kier molecular flexibility index (Phi) is 5.19. The largest absolute Gasteiger partial charge is 0.497 e. The second-order valence-corrected chi connectivity index (χ2v) is 6.73. The van der Waals surface area contributed by atoms with Gasteiger partial charge in [0.1, 0.15) is 5.75 Å². The number of aromatic nitrogens is 2. The molecule has 1 aliphatic heterocycles. The molecule has 2 aromatic carbocycles. The summed E-state index contributed by atoms with van der Waals surface area (Å²) in [5.41, 5.74) is 3.10. The first-order chi connectivity index (χ1) is 13.7. The Balaban J connectivity index is 1.49. The number of methoxy groups -OCH3 is 1. The van der Waals surface area contributed by atoms with Gasteiger partial charge >= 0.3 is 0 Å². The summed E-state index contributed by atoms with van der Waals surface area (Å²) in [5.74, 6) is 1.36. The summed E-state index contributed by atoms with van der Waals surface area (Å²) in [6.45, 7) is 2.03. The molecule has 3 aromatic rings. The molecule has 1 amide bonds. The summed E-state index contributed by atoms with van der Waals surface area (Å²) < 4.78 is 5.14. The van der Waals surface area contributed by atoms with E-state index in [-0.39, 0.29) is 5.91 Å².